The highest BCUT2D eigenvalue weighted by atomic mass is 19.4. The molecule has 0 aliphatic heterocycles. The van der Waals surface area contributed by atoms with Gasteiger partial charge in [0, 0.05) is 0 Å². The maximum atomic E-state index is 12.0. The van der Waals surface area contributed by atoms with Crippen molar-refractivity contribution < 1.29 is 13.2 Å². The van der Waals surface area contributed by atoms with Crippen molar-refractivity contribution in [2.24, 2.45) is 11.1 Å². The van der Waals surface area contributed by atoms with Gasteiger partial charge < -0.3 is 5.73 Å². The van der Waals surface area contributed by atoms with Crippen molar-refractivity contribution in [3.05, 3.63) is 0 Å². The quantitative estimate of drug-likeness (QED) is 0.647. The van der Waals surface area contributed by atoms with E-state index < -0.39 is 11.6 Å². The number of hydrogen-bond donors (Lipinski definition) is 1. The highest BCUT2D eigenvalue weighted by molar-refractivity contribution is 4.76. The van der Waals surface area contributed by atoms with Gasteiger partial charge in [0.15, 0.2) is 0 Å². The molecule has 0 saturated carbocycles. The smallest absolute Gasteiger partial charge is 0.330 e. The maximum absolute atomic E-state index is 12.0. The zero-order valence-corrected chi connectivity index (χ0v) is 6.13. The molecule has 0 aliphatic rings. The van der Waals surface area contributed by atoms with E-state index >= 15 is 0 Å². The molecule has 0 spiro atoms. The second-order valence-corrected chi connectivity index (χ2v) is 2.92. The molecule has 10 heavy (non-hydrogen) atoms. The van der Waals surface area contributed by atoms with Gasteiger partial charge in [-0.05, 0) is 13.0 Å². The van der Waals surface area contributed by atoms with Crippen LogP contribution in [0, 0.1) is 5.41 Å². The van der Waals surface area contributed by atoms with Gasteiger partial charge in [-0.1, -0.05) is 13.8 Å². The van der Waals surface area contributed by atoms with Crippen LogP contribution in [-0.2, 0) is 0 Å². The molecule has 2 N–H and O–H groups in total. The Morgan fingerprint density at radius 1 is 1.20 bits per heavy atom. The summed E-state index contributed by atoms with van der Waals surface area (Å²) in [4.78, 5) is 0. The van der Waals surface area contributed by atoms with Crippen molar-refractivity contribution in [3.8, 4) is 0 Å². The Morgan fingerprint density at radius 2 is 1.60 bits per heavy atom. The zero-order chi connectivity index (χ0) is 8.41. The van der Waals surface area contributed by atoms with E-state index in [9.17, 15) is 13.2 Å². The van der Waals surface area contributed by atoms with Crippen LogP contribution in [0.3, 0.4) is 0 Å². The molecule has 0 fully saturated rings. The summed E-state index contributed by atoms with van der Waals surface area (Å²) < 4.78 is 35.9. The van der Waals surface area contributed by atoms with Crippen LogP contribution in [0.2, 0.25) is 0 Å². The van der Waals surface area contributed by atoms with Crippen molar-refractivity contribution in [2.45, 2.75) is 26.4 Å². The van der Waals surface area contributed by atoms with E-state index in [2.05, 4.69) is 0 Å². The van der Waals surface area contributed by atoms with Crippen molar-refractivity contribution >= 4 is 0 Å². The van der Waals surface area contributed by atoms with Gasteiger partial charge in [-0.3, -0.25) is 0 Å². The molecule has 0 aromatic heterocycles. The van der Waals surface area contributed by atoms with E-state index in [0.717, 1.165) is 13.8 Å². The molecule has 0 atom stereocenters. The topological polar surface area (TPSA) is 26.0 Å². The molecule has 0 bridgehead atoms. The van der Waals surface area contributed by atoms with Gasteiger partial charge in [-0.25, -0.2) is 0 Å². The fraction of sp³-hybridized carbons (Fsp3) is 1.00. The predicted octanol–water partition coefficient (Wildman–Crippen LogP) is 1.92. The van der Waals surface area contributed by atoms with Gasteiger partial charge in [-0.2, -0.15) is 13.2 Å². The van der Waals surface area contributed by atoms with Crippen LogP contribution >= 0.6 is 0 Å². The summed E-state index contributed by atoms with van der Waals surface area (Å²) in [7, 11) is 0. The van der Waals surface area contributed by atoms with Gasteiger partial charge in [0.25, 0.3) is 0 Å². The monoisotopic (exact) mass is 155 g/mol. The van der Waals surface area contributed by atoms with Crippen LogP contribution < -0.4 is 5.73 Å². The molecule has 1 nitrogen and oxygen atoms in total. The lowest BCUT2D eigenvalue weighted by atomic mass is 9.89. The molecule has 0 heterocycles. The first-order valence-electron chi connectivity index (χ1n) is 3.08. The average Bonchev–Trinajstić information content (AvgIpc) is 1.61. The average molecular weight is 155 g/mol. The van der Waals surface area contributed by atoms with Gasteiger partial charge in [0.05, 0.1) is 5.41 Å². The van der Waals surface area contributed by atoms with Crippen LogP contribution in [0.4, 0.5) is 13.2 Å². The minimum absolute atomic E-state index is 0.0174. The molecular weight excluding hydrogens is 143 g/mol. The summed E-state index contributed by atoms with van der Waals surface area (Å²) >= 11 is 0. The number of nitrogens with two attached hydrogens (primary N) is 1. The summed E-state index contributed by atoms with van der Waals surface area (Å²) in [5.74, 6) is 0. The van der Waals surface area contributed by atoms with Crippen LogP contribution in [0.5, 0.6) is 0 Å². The number of halogens is 3. The van der Waals surface area contributed by atoms with Gasteiger partial charge >= 0.3 is 6.18 Å². The fourth-order valence-corrected chi connectivity index (χ4v) is 0.503. The third-order valence-electron chi connectivity index (χ3n) is 1.54. The third kappa shape index (κ3) is 2.17. The lowest BCUT2D eigenvalue weighted by Crippen LogP contribution is -2.33. The summed E-state index contributed by atoms with van der Waals surface area (Å²) in [6, 6.07) is 0. The predicted molar refractivity (Wildman–Crippen MR) is 33.5 cm³/mol. The molecule has 0 rings (SSSR count). The van der Waals surface area contributed by atoms with Crippen molar-refractivity contribution in [1.29, 1.82) is 0 Å². The summed E-state index contributed by atoms with van der Waals surface area (Å²) in [5, 5.41) is 0. The molecule has 0 unspecified atom stereocenters. The molecule has 0 saturated heterocycles. The standard InChI is InChI=1S/C6H12F3N/c1-5(2,3-4-10)6(7,8)9/h3-4,10H2,1-2H3. The van der Waals surface area contributed by atoms with Crippen LogP contribution in [0.15, 0.2) is 0 Å². The Kier molecular flexibility index (Phi) is 2.71. The molecule has 0 aliphatic carbocycles. The number of rotatable bonds is 2. The summed E-state index contributed by atoms with van der Waals surface area (Å²) in [6.45, 7) is 2.38. The van der Waals surface area contributed by atoms with Crippen molar-refractivity contribution in [1.82, 2.24) is 0 Å². The molecule has 0 aromatic rings. The summed E-state index contributed by atoms with van der Waals surface area (Å²) in [5.41, 5.74) is 3.37. The minimum Gasteiger partial charge on any atom is -0.330 e. The highest BCUT2D eigenvalue weighted by Gasteiger charge is 2.46. The number of alkyl halides is 3. The Labute approximate surface area is 58.4 Å². The van der Waals surface area contributed by atoms with E-state index in [1.54, 1.807) is 0 Å². The molecule has 0 radical (unpaired) electrons. The Balaban J connectivity index is 4.10. The first-order chi connectivity index (χ1) is 4.31. The van der Waals surface area contributed by atoms with E-state index in [1.165, 1.54) is 0 Å². The lowest BCUT2D eigenvalue weighted by molar-refractivity contribution is -0.212. The second kappa shape index (κ2) is 2.78. The van der Waals surface area contributed by atoms with E-state index in [0.29, 0.717) is 0 Å². The minimum atomic E-state index is -4.13. The SMILES string of the molecule is CC(C)(CCN)C(F)(F)F. The Morgan fingerprint density at radius 3 is 1.70 bits per heavy atom. The van der Waals surface area contributed by atoms with Crippen LogP contribution in [-0.4, -0.2) is 12.7 Å². The zero-order valence-electron chi connectivity index (χ0n) is 6.13. The van der Waals surface area contributed by atoms with Gasteiger partial charge in [0.1, 0.15) is 0 Å². The highest BCUT2D eigenvalue weighted by Crippen LogP contribution is 2.39. The third-order valence-corrected chi connectivity index (χ3v) is 1.54. The molecule has 0 amide bonds. The van der Waals surface area contributed by atoms with Crippen LogP contribution in [0.25, 0.3) is 0 Å². The second-order valence-electron chi connectivity index (χ2n) is 2.92. The lowest BCUT2D eigenvalue weighted by Gasteiger charge is -2.26. The first-order valence-corrected chi connectivity index (χ1v) is 3.08. The Hall–Kier alpha value is -0.250. The maximum Gasteiger partial charge on any atom is 0.394 e. The van der Waals surface area contributed by atoms with E-state index in [-0.39, 0.29) is 13.0 Å². The molecule has 4 heteroatoms. The normalized spacial score (nSPS) is 13.8. The van der Waals surface area contributed by atoms with E-state index in [4.69, 9.17) is 5.73 Å². The largest absolute Gasteiger partial charge is 0.394 e. The van der Waals surface area contributed by atoms with Crippen LogP contribution in [0.1, 0.15) is 20.3 Å². The molecular formula is C6H12F3N. The number of hydrogen-bond acceptors (Lipinski definition) is 1. The van der Waals surface area contributed by atoms with Crippen molar-refractivity contribution in [3.63, 3.8) is 0 Å². The molecule has 62 valence electrons. The Bertz CT molecular complexity index is 106. The fourth-order valence-electron chi connectivity index (χ4n) is 0.503. The molecule has 0 aromatic carbocycles. The van der Waals surface area contributed by atoms with E-state index in [1.807, 2.05) is 0 Å². The summed E-state index contributed by atoms with van der Waals surface area (Å²) in [6.07, 6.45) is -4.15. The van der Waals surface area contributed by atoms with Crippen molar-refractivity contribution in [2.75, 3.05) is 6.54 Å². The first kappa shape index (κ1) is 9.75. The van der Waals surface area contributed by atoms with Gasteiger partial charge in [0.2, 0.25) is 0 Å². The van der Waals surface area contributed by atoms with Gasteiger partial charge in [-0.15, -0.1) is 0 Å².